The van der Waals surface area contributed by atoms with E-state index in [4.69, 9.17) is 17.0 Å². The van der Waals surface area contributed by atoms with Crippen molar-refractivity contribution < 1.29 is 14.3 Å². The minimum Gasteiger partial charge on any atom is -0.462 e. The molecule has 1 heterocycles. The molecule has 0 saturated heterocycles. The standard InChI is InChI=1S/C17H24N2O3S2/c1-4-22-16(21)13-10(2)14(11(3)20)24-15(13)19-17(23)18-12-8-6-5-7-9-12/h12H,4-9H2,1-3H3,(H2,18,19,23). The Morgan fingerprint density at radius 3 is 2.54 bits per heavy atom. The largest absolute Gasteiger partial charge is 0.462 e. The van der Waals surface area contributed by atoms with Gasteiger partial charge in [-0.3, -0.25) is 4.79 Å². The quantitative estimate of drug-likeness (QED) is 0.464. The molecular weight excluding hydrogens is 344 g/mol. The van der Waals surface area contributed by atoms with Crippen LogP contribution in [0, 0.1) is 6.92 Å². The molecule has 1 aliphatic carbocycles. The van der Waals surface area contributed by atoms with E-state index in [1.54, 1.807) is 13.8 Å². The number of nitrogens with one attached hydrogen (secondary N) is 2. The van der Waals surface area contributed by atoms with Crippen LogP contribution in [0.1, 0.15) is 71.5 Å². The van der Waals surface area contributed by atoms with Gasteiger partial charge in [-0.1, -0.05) is 19.3 Å². The van der Waals surface area contributed by atoms with Crippen LogP contribution >= 0.6 is 23.6 Å². The number of thiophene rings is 1. The van der Waals surface area contributed by atoms with Crippen LogP contribution in [0.25, 0.3) is 0 Å². The number of hydrogen-bond acceptors (Lipinski definition) is 5. The molecule has 2 N–H and O–H groups in total. The molecule has 7 heteroatoms. The Kier molecular flexibility index (Phi) is 6.74. The van der Waals surface area contributed by atoms with Gasteiger partial charge in [0.1, 0.15) is 5.00 Å². The molecule has 0 bridgehead atoms. The van der Waals surface area contributed by atoms with Gasteiger partial charge in [-0.2, -0.15) is 0 Å². The Balaban J connectivity index is 2.18. The van der Waals surface area contributed by atoms with Crippen molar-refractivity contribution in [3.05, 3.63) is 16.0 Å². The lowest BCUT2D eigenvalue weighted by Gasteiger charge is -2.24. The molecule has 1 aliphatic rings. The average Bonchev–Trinajstić information content (AvgIpc) is 2.85. The number of ether oxygens (including phenoxy) is 1. The first-order chi connectivity index (χ1) is 11.4. The van der Waals surface area contributed by atoms with Crippen molar-refractivity contribution in [3.8, 4) is 0 Å². The zero-order valence-corrected chi connectivity index (χ0v) is 16.0. The highest BCUT2D eigenvalue weighted by molar-refractivity contribution is 7.80. The predicted molar refractivity (Wildman–Crippen MR) is 101 cm³/mol. The maximum Gasteiger partial charge on any atom is 0.341 e. The van der Waals surface area contributed by atoms with E-state index < -0.39 is 5.97 Å². The highest BCUT2D eigenvalue weighted by atomic mass is 32.1. The fraction of sp³-hybridized carbons (Fsp3) is 0.588. The summed E-state index contributed by atoms with van der Waals surface area (Å²) in [6, 6.07) is 0.373. The molecule has 0 amide bonds. The summed E-state index contributed by atoms with van der Waals surface area (Å²) >= 11 is 6.64. The van der Waals surface area contributed by atoms with Crippen molar-refractivity contribution in [1.29, 1.82) is 0 Å². The smallest absolute Gasteiger partial charge is 0.341 e. The van der Waals surface area contributed by atoms with Gasteiger partial charge in [0.2, 0.25) is 0 Å². The molecule has 2 rings (SSSR count). The van der Waals surface area contributed by atoms with E-state index in [0.29, 0.717) is 32.2 Å². The molecule has 1 fully saturated rings. The van der Waals surface area contributed by atoms with Gasteiger partial charge < -0.3 is 15.4 Å². The third-order valence-electron chi connectivity index (χ3n) is 4.11. The Morgan fingerprint density at radius 2 is 1.96 bits per heavy atom. The molecule has 0 radical (unpaired) electrons. The van der Waals surface area contributed by atoms with Crippen molar-refractivity contribution in [2.24, 2.45) is 0 Å². The lowest BCUT2D eigenvalue weighted by atomic mass is 9.96. The second kappa shape index (κ2) is 8.58. The first-order valence-corrected chi connectivity index (χ1v) is 9.55. The zero-order valence-electron chi connectivity index (χ0n) is 14.4. The minimum absolute atomic E-state index is 0.0674. The summed E-state index contributed by atoms with van der Waals surface area (Å²) in [5, 5.41) is 7.48. The van der Waals surface area contributed by atoms with Crippen molar-refractivity contribution >= 4 is 45.4 Å². The lowest BCUT2D eigenvalue weighted by molar-refractivity contribution is 0.0527. The molecule has 5 nitrogen and oxygen atoms in total. The normalized spacial score (nSPS) is 15.0. The number of anilines is 1. The van der Waals surface area contributed by atoms with Gasteiger partial charge in [0.15, 0.2) is 10.9 Å². The monoisotopic (exact) mass is 368 g/mol. The highest BCUT2D eigenvalue weighted by Gasteiger charge is 2.25. The maximum atomic E-state index is 12.3. The third kappa shape index (κ3) is 4.54. The van der Waals surface area contributed by atoms with Crippen LogP contribution in [0.3, 0.4) is 0 Å². The molecule has 24 heavy (non-hydrogen) atoms. The summed E-state index contributed by atoms with van der Waals surface area (Å²) in [6.07, 6.45) is 5.91. The third-order valence-corrected chi connectivity index (χ3v) is 5.64. The van der Waals surface area contributed by atoms with Crippen molar-refractivity contribution in [1.82, 2.24) is 5.32 Å². The molecule has 132 valence electrons. The summed E-state index contributed by atoms with van der Waals surface area (Å²) < 4.78 is 5.13. The van der Waals surface area contributed by atoms with E-state index in [1.165, 1.54) is 37.5 Å². The van der Waals surface area contributed by atoms with E-state index >= 15 is 0 Å². The Labute approximate surface area is 152 Å². The van der Waals surface area contributed by atoms with E-state index in [-0.39, 0.29) is 12.4 Å². The summed E-state index contributed by atoms with van der Waals surface area (Å²) in [4.78, 5) is 24.6. The lowest BCUT2D eigenvalue weighted by Crippen LogP contribution is -2.38. The highest BCUT2D eigenvalue weighted by Crippen LogP contribution is 2.34. The van der Waals surface area contributed by atoms with Crippen molar-refractivity contribution in [2.75, 3.05) is 11.9 Å². The van der Waals surface area contributed by atoms with Crippen LogP contribution in [0.4, 0.5) is 5.00 Å². The van der Waals surface area contributed by atoms with Crippen LogP contribution in [0.2, 0.25) is 0 Å². The van der Waals surface area contributed by atoms with E-state index in [1.807, 2.05) is 0 Å². The van der Waals surface area contributed by atoms with Crippen molar-refractivity contribution in [2.45, 2.75) is 58.9 Å². The molecular formula is C17H24N2O3S2. The van der Waals surface area contributed by atoms with E-state index in [2.05, 4.69) is 10.6 Å². The fourth-order valence-corrected chi connectivity index (χ4v) is 4.39. The second-order valence-corrected chi connectivity index (χ2v) is 7.40. The van der Waals surface area contributed by atoms with Gasteiger partial charge in [-0.05, 0) is 51.4 Å². The first kappa shape index (κ1) is 18.9. The average molecular weight is 369 g/mol. The number of rotatable bonds is 5. The minimum atomic E-state index is -0.429. The van der Waals surface area contributed by atoms with Gasteiger partial charge in [0.25, 0.3) is 0 Å². The fourth-order valence-electron chi connectivity index (χ4n) is 2.96. The second-order valence-electron chi connectivity index (χ2n) is 5.97. The first-order valence-electron chi connectivity index (χ1n) is 8.33. The predicted octanol–water partition coefficient (Wildman–Crippen LogP) is 4.05. The summed E-state index contributed by atoms with van der Waals surface area (Å²) in [7, 11) is 0. The molecule has 1 aromatic rings. The zero-order chi connectivity index (χ0) is 17.7. The Morgan fingerprint density at radius 1 is 1.29 bits per heavy atom. The van der Waals surface area contributed by atoms with Gasteiger partial charge in [-0.15, -0.1) is 11.3 Å². The summed E-state index contributed by atoms with van der Waals surface area (Å²) in [6.45, 7) is 5.31. The number of hydrogen-bond donors (Lipinski definition) is 2. The van der Waals surface area contributed by atoms with Crippen LogP contribution in [-0.4, -0.2) is 29.5 Å². The maximum absolute atomic E-state index is 12.3. The van der Waals surface area contributed by atoms with Gasteiger partial charge in [0, 0.05) is 6.04 Å². The Hall–Kier alpha value is -1.47. The number of ketones is 1. The molecule has 0 atom stereocenters. The molecule has 0 aromatic carbocycles. The number of carbonyl (C=O) groups is 2. The van der Waals surface area contributed by atoms with E-state index in [9.17, 15) is 9.59 Å². The topological polar surface area (TPSA) is 67.4 Å². The van der Waals surface area contributed by atoms with Gasteiger partial charge in [-0.25, -0.2) is 4.79 Å². The molecule has 0 aliphatic heterocycles. The SMILES string of the molecule is CCOC(=O)c1c(NC(=S)NC2CCCCC2)sc(C(C)=O)c1C. The molecule has 1 aromatic heterocycles. The molecule has 0 unspecified atom stereocenters. The van der Waals surface area contributed by atoms with Crippen LogP contribution in [0.15, 0.2) is 0 Å². The van der Waals surface area contributed by atoms with Crippen LogP contribution in [-0.2, 0) is 4.74 Å². The summed E-state index contributed by atoms with van der Waals surface area (Å²) in [5.41, 5.74) is 1.05. The van der Waals surface area contributed by atoms with Crippen molar-refractivity contribution in [3.63, 3.8) is 0 Å². The number of carbonyl (C=O) groups excluding carboxylic acids is 2. The van der Waals surface area contributed by atoms with Gasteiger partial charge >= 0.3 is 5.97 Å². The van der Waals surface area contributed by atoms with Crippen LogP contribution < -0.4 is 10.6 Å². The molecule has 0 spiro atoms. The Bertz CT molecular complexity index is 634. The number of thiocarbonyl (C=S) groups is 1. The molecule has 1 saturated carbocycles. The summed E-state index contributed by atoms with van der Waals surface area (Å²) in [5.74, 6) is -0.496. The van der Waals surface area contributed by atoms with E-state index in [0.717, 1.165) is 12.8 Å². The number of esters is 1. The van der Waals surface area contributed by atoms with Crippen LogP contribution in [0.5, 0.6) is 0 Å². The van der Waals surface area contributed by atoms with Gasteiger partial charge in [0.05, 0.1) is 17.0 Å². The number of Topliss-reactive ketones (excluding diaryl/α,β-unsaturated/α-hetero) is 1.